The largest absolute Gasteiger partial charge is 0.444 e. The van der Waals surface area contributed by atoms with Crippen LogP contribution in [0.15, 0.2) is 42.2 Å². The van der Waals surface area contributed by atoms with Gasteiger partial charge in [0.05, 0.1) is 6.04 Å². The Bertz CT molecular complexity index is 622. The van der Waals surface area contributed by atoms with Crippen LogP contribution in [0, 0.1) is 5.92 Å². The van der Waals surface area contributed by atoms with Gasteiger partial charge in [-0.15, -0.1) is 0 Å². The summed E-state index contributed by atoms with van der Waals surface area (Å²) in [6, 6.07) is 8.62. The van der Waals surface area contributed by atoms with Gasteiger partial charge in [-0.1, -0.05) is 44.2 Å². The van der Waals surface area contributed by atoms with Crippen molar-refractivity contribution in [2.75, 3.05) is 0 Å². The van der Waals surface area contributed by atoms with Crippen LogP contribution in [0.1, 0.15) is 46.6 Å². The van der Waals surface area contributed by atoms with Crippen molar-refractivity contribution in [3.63, 3.8) is 0 Å². The lowest BCUT2D eigenvalue weighted by Crippen LogP contribution is -2.42. The van der Waals surface area contributed by atoms with Gasteiger partial charge in [-0.05, 0) is 38.3 Å². The summed E-state index contributed by atoms with van der Waals surface area (Å²) < 4.78 is 19.6. The average molecular weight is 364 g/mol. The van der Waals surface area contributed by atoms with Crippen molar-refractivity contribution in [2.45, 2.75) is 59.2 Å². The summed E-state index contributed by atoms with van der Waals surface area (Å²) in [7, 11) is 0. The number of amides is 2. The highest BCUT2D eigenvalue weighted by Gasteiger charge is 2.24. The zero-order valence-corrected chi connectivity index (χ0v) is 16.1. The Morgan fingerprint density at radius 1 is 1.19 bits per heavy atom. The molecule has 0 aliphatic carbocycles. The van der Waals surface area contributed by atoms with E-state index in [9.17, 15) is 14.0 Å². The van der Waals surface area contributed by atoms with Gasteiger partial charge in [0.15, 0.2) is 0 Å². The summed E-state index contributed by atoms with van der Waals surface area (Å²) in [4.78, 5) is 23.8. The summed E-state index contributed by atoms with van der Waals surface area (Å²) in [5, 5.41) is 5.25. The monoisotopic (exact) mass is 364 g/mol. The minimum atomic E-state index is -0.841. The number of halogens is 1. The molecule has 0 aliphatic heterocycles. The molecule has 0 heterocycles. The third-order valence-corrected chi connectivity index (χ3v) is 3.45. The molecule has 0 saturated carbocycles. The number of nitrogens with one attached hydrogen (secondary N) is 2. The van der Waals surface area contributed by atoms with Crippen molar-refractivity contribution in [1.82, 2.24) is 10.6 Å². The Kier molecular flexibility index (Phi) is 8.29. The zero-order chi connectivity index (χ0) is 19.7. The summed E-state index contributed by atoms with van der Waals surface area (Å²) in [5.74, 6) is -1.03. The number of ether oxygens (including phenoxy) is 1. The third kappa shape index (κ3) is 8.65. The lowest BCUT2D eigenvalue weighted by Gasteiger charge is -2.25. The number of hydrogen-bond donors (Lipinski definition) is 2. The smallest absolute Gasteiger partial charge is 0.408 e. The Morgan fingerprint density at radius 3 is 2.35 bits per heavy atom. The van der Waals surface area contributed by atoms with Crippen molar-refractivity contribution in [2.24, 2.45) is 5.92 Å². The maximum atomic E-state index is 14.4. The van der Waals surface area contributed by atoms with E-state index < -0.39 is 23.6 Å². The van der Waals surface area contributed by atoms with Crippen LogP contribution in [-0.2, 0) is 16.1 Å². The normalized spacial score (nSPS) is 13.3. The van der Waals surface area contributed by atoms with E-state index in [-0.39, 0.29) is 18.2 Å². The van der Waals surface area contributed by atoms with Gasteiger partial charge in [-0.25, -0.2) is 9.18 Å². The second-order valence-corrected chi connectivity index (χ2v) is 7.42. The number of carbonyl (C=O) groups is 2. The van der Waals surface area contributed by atoms with Crippen LogP contribution < -0.4 is 10.6 Å². The van der Waals surface area contributed by atoms with E-state index >= 15 is 0 Å². The maximum Gasteiger partial charge on any atom is 0.408 e. The Labute approximate surface area is 155 Å². The topological polar surface area (TPSA) is 67.4 Å². The first-order chi connectivity index (χ1) is 12.1. The van der Waals surface area contributed by atoms with Gasteiger partial charge in [-0.3, -0.25) is 4.79 Å². The Hall–Kier alpha value is -2.37. The molecule has 0 aliphatic rings. The van der Waals surface area contributed by atoms with E-state index in [0.717, 1.165) is 5.56 Å². The van der Waals surface area contributed by atoms with Gasteiger partial charge < -0.3 is 15.4 Å². The molecule has 1 rings (SSSR count). The van der Waals surface area contributed by atoms with Crippen LogP contribution in [0.4, 0.5) is 9.18 Å². The quantitative estimate of drug-likeness (QED) is 0.765. The minimum absolute atomic E-state index is 0.0993. The van der Waals surface area contributed by atoms with Gasteiger partial charge in [0.1, 0.15) is 11.4 Å². The maximum absolute atomic E-state index is 14.4. The summed E-state index contributed by atoms with van der Waals surface area (Å²) in [5.41, 5.74) is 0.306. The van der Waals surface area contributed by atoms with Crippen molar-refractivity contribution in [3.8, 4) is 0 Å². The first kappa shape index (κ1) is 21.7. The molecule has 6 heteroatoms. The number of carbonyl (C=O) groups excluding carboxylic acids is 2. The van der Waals surface area contributed by atoms with E-state index in [2.05, 4.69) is 10.6 Å². The molecule has 1 aromatic carbocycles. The van der Waals surface area contributed by atoms with Crippen molar-refractivity contribution >= 4 is 12.0 Å². The number of hydrogen-bond acceptors (Lipinski definition) is 3. The van der Waals surface area contributed by atoms with E-state index in [1.54, 1.807) is 34.6 Å². The molecule has 0 spiro atoms. The van der Waals surface area contributed by atoms with Crippen LogP contribution in [-0.4, -0.2) is 23.6 Å². The van der Waals surface area contributed by atoms with Crippen molar-refractivity contribution < 1.29 is 18.7 Å². The van der Waals surface area contributed by atoms with Crippen LogP contribution in [0.25, 0.3) is 0 Å². The molecule has 0 aromatic heterocycles. The highest BCUT2D eigenvalue weighted by atomic mass is 19.1. The molecular weight excluding hydrogens is 335 g/mol. The van der Waals surface area contributed by atoms with Crippen LogP contribution in [0.2, 0.25) is 0 Å². The highest BCUT2D eigenvalue weighted by Crippen LogP contribution is 2.16. The van der Waals surface area contributed by atoms with E-state index in [4.69, 9.17) is 4.74 Å². The second kappa shape index (κ2) is 9.94. The van der Waals surface area contributed by atoms with Crippen molar-refractivity contribution in [3.05, 3.63) is 47.8 Å². The fourth-order valence-electron chi connectivity index (χ4n) is 2.17. The SMILES string of the molecule is CC(C)C(NC(=O)OC(C)(C)C)/C(F)=C/CC(=O)NCc1ccccc1. The average Bonchev–Trinajstić information content (AvgIpc) is 2.54. The molecule has 2 amide bonds. The summed E-state index contributed by atoms with van der Waals surface area (Å²) in [6.07, 6.45) is 0.411. The zero-order valence-electron chi connectivity index (χ0n) is 16.1. The fourth-order valence-corrected chi connectivity index (χ4v) is 2.17. The summed E-state index contributed by atoms with van der Waals surface area (Å²) >= 11 is 0. The predicted octanol–water partition coefficient (Wildman–Crippen LogP) is 4.10. The molecule has 5 nitrogen and oxygen atoms in total. The number of rotatable bonds is 7. The molecule has 0 saturated heterocycles. The molecule has 0 radical (unpaired) electrons. The van der Waals surface area contributed by atoms with Crippen LogP contribution >= 0.6 is 0 Å². The molecule has 144 valence electrons. The molecular formula is C20H29FN2O3. The molecule has 1 unspecified atom stereocenters. The fraction of sp³-hybridized carbons (Fsp3) is 0.500. The molecule has 2 N–H and O–H groups in total. The second-order valence-electron chi connectivity index (χ2n) is 7.42. The van der Waals surface area contributed by atoms with Gasteiger partial charge in [0.2, 0.25) is 5.91 Å². The van der Waals surface area contributed by atoms with Crippen LogP contribution in [0.3, 0.4) is 0 Å². The molecule has 26 heavy (non-hydrogen) atoms. The lowest BCUT2D eigenvalue weighted by atomic mass is 10.0. The standard InChI is InChI=1S/C20H29FN2O3/c1-14(2)18(23-19(25)26-20(3,4)5)16(21)11-12-17(24)22-13-15-9-7-6-8-10-15/h6-11,14,18H,12-13H2,1-5H3,(H,22,24)(H,23,25)/b16-11-. The van der Waals surface area contributed by atoms with E-state index in [0.29, 0.717) is 6.54 Å². The van der Waals surface area contributed by atoms with Gasteiger partial charge in [-0.2, -0.15) is 0 Å². The Balaban J connectivity index is 2.57. The van der Waals surface area contributed by atoms with Gasteiger partial charge in [0.25, 0.3) is 0 Å². The molecule has 1 atom stereocenters. The van der Waals surface area contributed by atoms with Gasteiger partial charge in [0, 0.05) is 13.0 Å². The van der Waals surface area contributed by atoms with Gasteiger partial charge >= 0.3 is 6.09 Å². The Morgan fingerprint density at radius 2 is 1.81 bits per heavy atom. The number of alkyl carbamates (subject to hydrolysis) is 1. The number of benzene rings is 1. The molecule has 0 fully saturated rings. The van der Waals surface area contributed by atoms with Crippen LogP contribution in [0.5, 0.6) is 0 Å². The van der Waals surface area contributed by atoms with Crippen molar-refractivity contribution in [1.29, 1.82) is 0 Å². The molecule has 0 bridgehead atoms. The van der Waals surface area contributed by atoms with E-state index in [1.165, 1.54) is 6.08 Å². The predicted molar refractivity (Wildman–Crippen MR) is 100 cm³/mol. The first-order valence-corrected chi connectivity index (χ1v) is 8.74. The lowest BCUT2D eigenvalue weighted by molar-refractivity contribution is -0.120. The highest BCUT2D eigenvalue weighted by molar-refractivity contribution is 5.77. The van der Waals surface area contributed by atoms with E-state index in [1.807, 2.05) is 30.3 Å². The third-order valence-electron chi connectivity index (χ3n) is 3.45. The first-order valence-electron chi connectivity index (χ1n) is 8.74. The minimum Gasteiger partial charge on any atom is -0.444 e. The summed E-state index contributed by atoms with van der Waals surface area (Å²) in [6.45, 7) is 9.16. The molecule has 1 aromatic rings.